The molecule has 0 aliphatic heterocycles. The van der Waals surface area contributed by atoms with Gasteiger partial charge in [0.15, 0.2) is 0 Å². The summed E-state index contributed by atoms with van der Waals surface area (Å²) in [5.74, 6) is 0.618. The summed E-state index contributed by atoms with van der Waals surface area (Å²) >= 11 is 0. The average Bonchev–Trinajstić information content (AvgIpc) is 2.67. The van der Waals surface area contributed by atoms with Crippen molar-refractivity contribution < 1.29 is 14.3 Å². The molecule has 0 unspecified atom stereocenters. The molecular weight excluding hydrogens is 328 g/mol. The molecule has 0 aromatic heterocycles. The number of para-hydroxylation sites is 1. The van der Waals surface area contributed by atoms with E-state index in [-0.39, 0.29) is 5.91 Å². The molecule has 3 N–H and O–H groups in total. The molecule has 5 heteroatoms. The maximum absolute atomic E-state index is 12.4. The Morgan fingerprint density at radius 3 is 2.19 bits per heavy atom. The Labute approximate surface area is 151 Å². The smallest absolute Gasteiger partial charge is 0.251 e. The van der Waals surface area contributed by atoms with Gasteiger partial charge in [0.25, 0.3) is 5.91 Å². The van der Waals surface area contributed by atoms with Gasteiger partial charge in [-0.05, 0) is 48.0 Å². The number of hydrogen-bond acceptors (Lipinski definition) is 3. The minimum absolute atomic E-state index is 0.206. The molecular formula is C21H18N2O3. The van der Waals surface area contributed by atoms with Crippen molar-refractivity contribution in [3.8, 4) is 11.5 Å². The molecule has 0 bridgehead atoms. The van der Waals surface area contributed by atoms with Crippen LogP contribution in [0.2, 0.25) is 0 Å². The standard InChI is InChI=1S/C21H18N2O3/c22-20(24)16-11-9-15(10-12-16)14-23-21(25)17-5-4-8-19(13-17)26-18-6-2-1-3-7-18/h1-13H,14H2,(H2,22,24)(H,23,25). The number of amides is 2. The van der Waals surface area contributed by atoms with Crippen molar-refractivity contribution in [2.24, 2.45) is 5.73 Å². The molecule has 0 saturated carbocycles. The number of carbonyl (C=O) groups is 2. The fourth-order valence-electron chi connectivity index (χ4n) is 2.40. The zero-order chi connectivity index (χ0) is 18.4. The highest BCUT2D eigenvalue weighted by molar-refractivity contribution is 5.94. The summed E-state index contributed by atoms with van der Waals surface area (Å²) in [7, 11) is 0. The molecule has 0 aliphatic carbocycles. The van der Waals surface area contributed by atoms with Crippen LogP contribution in [0.15, 0.2) is 78.9 Å². The lowest BCUT2D eigenvalue weighted by molar-refractivity contribution is 0.0949. The first kappa shape index (κ1) is 17.2. The van der Waals surface area contributed by atoms with Gasteiger partial charge in [-0.15, -0.1) is 0 Å². The summed E-state index contributed by atoms with van der Waals surface area (Å²) in [6.07, 6.45) is 0. The van der Waals surface area contributed by atoms with Crippen LogP contribution >= 0.6 is 0 Å². The van der Waals surface area contributed by atoms with E-state index in [1.807, 2.05) is 30.3 Å². The molecule has 26 heavy (non-hydrogen) atoms. The Morgan fingerprint density at radius 2 is 1.50 bits per heavy atom. The SMILES string of the molecule is NC(=O)c1ccc(CNC(=O)c2cccc(Oc3ccccc3)c2)cc1. The second-order valence-corrected chi connectivity index (χ2v) is 5.69. The number of benzene rings is 3. The van der Waals surface area contributed by atoms with Crippen molar-refractivity contribution >= 4 is 11.8 Å². The Morgan fingerprint density at radius 1 is 0.808 bits per heavy atom. The van der Waals surface area contributed by atoms with Crippen LogP contribution < -0.4 is 15.8 Å². The molecule has 0 spiro atoms. The van der Waals surface area contributed by atoms with Gasteiger partial charge in [0, 0.05) is 17.7 Å². The van der Waals surface area contributed by atoms with Gasteiger partial charge in [0.2, 0.25) is 5.91 Å². The zero-order valence-corrected chi connectivity index (χ0v) is 14.0. The van der Waals surface area contributed by atoms with Crippen molar-refractivity contribution in [3.63, 3.8) is 0 Å². The highest BCUT2D eigenvalue weighted by Gasteiger charge is 2.08. The van der Waals surface area contributed by atoms with E-state index in [4.69, 9.17) is 10.5 Å². The molecule has 0 saturated heterocycles. The quantitative estimate of drug-likeness (QED) is 0.717. The molecule has 2 amide bonds. The van der Waals surface area contributed by atoms with Crippen LogP contribution in [-0.4, -0.2) is 11.8 Å². The normalized spacial score (nSPS) is 10.2. The lowest BCUT2D eigenvalue weighted by atomic mass is 10.1. The van der Waals surface area contributed by atoms with Crippen molar-refractivity contribution in [3.05, 3.63) is 95.6 Å². The van der Waals surface area contributed by atoms with Gasteiger partial charge in [-0.1, -0.05) is 36.4 Å². The predicted octanol–water partition coefficient (Wildman–Crippen LogP) is 3.51. The average molecular weight is 346 g/mol. The predicted molar refractivity (Wildman–Crippen MR) is 99.1 cm³/mol. The van der Waals surface area contributed by atoms with E-state index in [9.17, 15) is 9.59 Å². The minimum Gasteiger partial charge on any atom is -0.457 e. The first-order chi connectivity index (χ1) is 12.6. The Hall–Kier alpha value is -3.60. The van der Waals surface area contributed by atoms with Crippen molar-refractivity contribution in [1.29, 1.82) is 0 Å². The second kappa shape index (κ2) is 7.98. The fourth-order valence-corrected chi connectivity index (χ4v) is 2.40. The minimum atomic E-state index is -0.476. The van der Waals surface area contributed by atoms with Crippen LogP contribution in [0, 0.1) is 0 Å². The van der Waals surface area contributed by atoms with E-state index in [0.717, 1.165) is 5.56 Å². The number of primary amides is 1. The van der Waals surface area contributed by atoms with E-state index in [1.165, 1.54) is 0 Å². The van der Waals surface area contributed by atoms with Crippen molar-refractivity contribution in [1.82, 2.24) is 5.32 Å². The molecule has 0 radical (unpaired) electrons. The van der Waals surface area contributed by atoms with Gasteiger partial charge >= 0.3 is 0 Å². The molecule has 3 aromatic rings. The number of nitrogens with two attached hydrogens (primary N) is 1. The zero-order valence-electron chi connectivity index (χ0n) is 14.0. The Bertz CT molecular complexity index is 906. The van der Waals surface area contributed by atoms with Gasteiger partial charge < -0.3 is 15.8 Å². The van der Waals surface area contributed by atoms with Gasteiger partial charge in [-0.3, -0.25) is 9.59 Å². The highest BCUT2D eigenvalue weighted by atomic mass is 16.5. The fraction of sp³-hybridized carbons (Fsp3) is 0.0476. The number of rotatable bonds is 6. The summed E-state index contributed by atoms with van der Waals surface area (Å²) in [5.41, 5.74) is 7.03. The van der Waals surface area contributed by atoms with E-state index < -0.39 is 5.91 Å². The Balaban J connectivity index is 1.62. The van der Waals surface area contributed by atoms with Crippen LogP contribution in [0.5, 0.6) is 11.5 Å². The highest BCUT2D eigenvalue weighted by Crippen LogP contribution is 2.21. The van der Waals surface area contributed by atoms with E-state index in [2.05, 4.69) is 5.32 Å². The van der Waals surface area contributed by atoms with Gasteiger partial charge in [0.05, 0.1) is 0 Å². The van der Waals surface area contributed by atoms with E-state index in [0.29, 0.717) is 29.2 Å². The van der Waals surface area contributed by atoms with Crippen molar-refractivity contribution in [2.45, 2.75) is 6.54 Å². The molecule has 5 nitrogen and oxygen atoms in total. The first-order valence-electron chi connectivity index (χ1n) is 8.12. The number of carbonyl (C=O) groups excluding carboxylic acids is 2. The third-order valence-corrected chi connectivity index (χ3v) is 3.77. The van der Waals surface area contributed by atoms with Crippen LogP contribution in [-0.2, 0) is 6.54 Å². The van der Waals surface area contributed by atoms with Crippen molar-refractivity contribution in [2.75, 3.05) is 0 Å². The third-order valence-electron chi connectivity index (χ3n) is 3.77. The maximum atomic E-state index is 12.4. The van der Waals surface area contributed by atoms with E-state index in [1.54, 1.807) is 48.5 Å². The summed E-state index contributed by atoms with van der Waals surface area (Å²) in [5, 5.41) is 2.84. The third kappa shape index (κ3) is 4.48. The number of hydrogen-bond donors (Lipinski definition) is 2. The summed E-state index contributed by atoms with van der Waals surface area (Å²) in [4.78, 5) is 23.4. The number of ether oxygens (including phenoxy) is 1. The van der Waals surface area contributed by atoms with Crippen LogP contribution in [0.4, 0.5) is 0 Å². The van der Waals surface area contributed by atoms with E-state index >= 15 is 0 Å². The largest absolute Gasteiger partial charge is 0.457 e. The van der Waals surface area contributed by atoms with Crippen LogP contribution in [0.25, 0.3) is 0 Å². The topological polar surface area (TPSA) is 81.4 Å². The molecule has 3 aromatic carbocycles. The Kier molecular flexibility index (Phi) is 5.29. The van der Waals surface area contributed by atoms with Gasteiger partial charge in [-0.2, -0.15) is 0 Å². The lowest BCUT2D eigenvalue weighted by Crippen LogP contribution is -2.22. The van der Waals surface area contributed by atoms with Crippen LogP contribution in [0.3, 0.4) is 0 Å². The summed E-state index contributed by atoms with van der Waals surface area (Å²) in [6, 6.07) is 23.2. The molecule has 3 rings (SSSR count). The van der Waals surface area contributed by atoms with Gasteiger partial charge in [-0.25, -0.2) is 0 Å². The number of nitrogens with one attached hydrogen (secondary N) is 1. The molecule has 0 heterocycles. The lowest BCUT2D eigenvalue weighted by Gasteiger charge is -2.09. The molecule has 0 aliphatic rings. The second-order valence-electron chi connectivity index (χ2n) is 5.69. The maximum Gasteiger partial charge on any atom is 0.251 e. The molecule has 130 valence electrons. The summed E-state index contributed by atoms with van der Waals surface area (Å²) in [6.45, 7) is 0.349. The van der Waals surface area contributed by atoms with Gasteiger partial charge in [0.1, 0.15) is 11.5 Å². The summed E-state index contributed by atoms with van der Waals surface area (Å²) < 4.78 is 5.74. The monoisotopic (exact) mass is 346 g/mol. The molecule has 0 atom stereocenters. The molecule has 0 fully saturated rings. The first-order valence-corrected chi connectivity index (χ1v) is 8.12. The van der Waals surface area contributed by atoms with Crippen LogP contribution in [0.1, 0.15) is 26.3 Å².